The van der Waals surface area contributed by atoms with Crippen LogP contribution in [0.5, 0.6) is 0 Å². The summed E-state index contributed by atoms with van der Waals surface area (Å²) < 4.78 is 0.886. The van der Waals surface area contributed by atoms with Gasteiger partial charge in [0.1, 0.15) is 0 Å². The fraction of sp³-hybridized carbons (Fsp3) is 0.375. The Kier molecular flexibility index (Phi) is 6.13. The van der Waals surface area contributed by atoms with Gasteiger partial charge in [0.25, 0.3) is 5.91 Å². The Hall–Kier alpha value is -2.73. The van der Waals surface area contributed by atoms with Gasteiger partial charge in [0, 0.05) is 17.7 Å². The van der Waals surface area contributed by atoms with E-state index in [0.717, 1.165) is 39.9 Å². The first-order chi connectivity index (χ1) is 14.5. The molecule has 0 atom stereocenters. The summed E-state index contributed by atoms with van der Waals surface area (Å²) in [5, 5.41) is 6.57. The summed E-state index contributed by atoms with van der Waals surface area (Å²) >= 11 is 1.41. The molecule has 30 heavy (non-hydrogen) atoms. The van der Waals surface area contributed by atoms with Crippen molar-refractivity contribution in [3.8, 4) is 0 Å². The average Bonchev–Trinajstić information content (AvgIpc) is 3.12. The van der Waals surface area contributed by atoms with Crippen LogP contribution in [0.3, 0.4) is 0 Å². The lowest BCUT2D eigenvalue weighted by molar-refractivity contribution is -0.117. The van der Waals surface area contributed by atoms with Gasteiger partial charge in [-0.05, 0) is 61.9 Å². The Morgan fingerprint density at radius 3 is 2.50 bits per heavy atom. The van der Waals surface area contributed by atoms with Crippen LogP contribution in [0, 0.1) is 19.8 Å². The summed E-state index contributed by atoms with van der Waals surface area (Å²) in [6.45, 7) is 3.97. The van der Waals surface area contributed by atoms with E-state index in [9.17, 15) is 9.59 Å². The van der Waals surface area contributed by atoms with Crippen LogP contribution in [0.25, 0.3) is 10.2 Å². The fourth-order valence-corrected chi connectivity index (χ4v) is 5.06. The number of aryl methyl sites for hydroxylation is 2. The maximum atomic E-state index is 12.8. The Labute approximate surface area is 180 Å². The molecule has 0 unspecified atom stereocenters. The zero-order chi connectivity index (χ0) is 21.1. The van der Waals surface area contributed by atoms with Crippen molar-refractivity contribution in [3.63, 3.8) is 0 Å². The molecule has 6 heteroatoms. The summed E-state index contributed by atoms with van der Waals surface area (Å²) in [5.74, 6) is 0.382. The topological polar surface area (TPSA) is 71.1 Å². The van der Waals surface area contributed by atoms with E-state index in [1.807, 2.05) is 44.2 Å². The van der Waals surface area contributed by atoms with Gasteiger partial charge in [-0.3, -0.25) is 9.59 Å². The Morgan fingerprint density at radius 2 is 1.77 bits per heavy atom. The molecule has 0 radical (unpaired) electrons. The molecule has 1 saturated carbocycles. The number of nitrogens with one attached hydrogen (secondary N) is 2. The number of nitrogens with zero attached hydrogens (tertiary/aromatic N) is 1. The molecule has 0 bridgehead atoms. The molecule has 2 N–H and O–H groups in total. The summed E-state index contributed by atoms with van der Waals surface area (Å²) in [5.41, 5.74) is 4.28. The van der Waals surface area contributed by atoms with Gasteiger partial charge in [0.2, 0.25) is 5.91 Å². The third-order valence-corrected chi connectivity index (χ3v) is 6.75. The quantitative estimate of drug-likeness (QED) is 0.525. The SMILES string of the molecule is Cc1cccc(C)c1NC(=O)c1ccc2nc(NC(=O)CC3CCCCC3)sc2c1. The van der Waals surface area contributed by atoms with E-state index in [1.54, 1.807) is 6.07 Å². The minimum atomic E-state index is -0.148. The van der Waals surface area contributed by atoms with E-state index < -0.39 is 0 Å². The molecule has 3 aromatic rings. The van der Waals surface area contributed by atoms with Crippen LogP contribution in [-0.4, -0.2) is 16.8 Å². The van der Waals surface area contributed by atoms with Gasteiger partial charge in [0.05, 0.1) is 10.2 Å². The van der Waals surface area contributed by atoms with Crippen molar-refractivity contribution in [2.24, 2.45) is 5.92 Å². The molecule has 156 valence electrons. The van der Waals surface area contributed by atoms with Crippen LogP contribution in [0.4, 0.5) is 10.8 Å². The third kappa shape index (κ3) is 4.70. The summed E-state index contributed by atoms with van der Waals surface area (Å²) in [7, 11) is 0. The van der Waals surface area contributed by atoms with Crippen molar-refractivity contribution < 1.29 is 9.59 Å². The largest absolute Gasteiger partial charge is 0.322 e. The van der Waals surface area contributed by atoms with Gasteiger partial charge >= 0.3 is 0 Å². The molecular formula is C24H27N3O2S. The Morgan fingerprint density at radius 1 is 1.03 bits per heavy atom. The molecule has 4 rings (SSSR count). The number of hydrogen-bond acceptors (Lipinski definition) is 4. The predicted octanol–water partition coefficient (Wildman–Crippen LogP) is 6.07. The number of para-hydroxylation sites is 1. The molecule has 0 spiro atoms. The van der Waals surface area contributed by atoms with Crippen molar-refractivity contribution in [2.75, 3.05) is 10.6 Å². The Bertz CT molecular complexity index is 1060. The summed E-state index contributed by atoms with van der Waals surface area (Å²) in [6, 6.07) is 11.4. The maximum absolute atomic E-state index is 12.8. The minimum absolute atomic E-state index is 0.0361. The van der Waals surface area contributed by atoms with E-state index >= 15 is 0 Å². The highest BCUT2D eigenvalue weighted by Crippen LogP contribution is 2.30. The molecule has 1 aromatic heterocycles. The molecule has 0 aliphatic heterocycles. The van der Waals surface area contributed by atoms with Crippen LogP contribution in [0.1, 0.15) is 60.0 Å². The van der Waals surface area contributed by atoms with Gasteiger partial charge in [-0.15, -0.1) is 0 Å². The molecular weight excluding hydrogens is 394 g/mol. The molecule has 2 amide bonds. The second-order valence-corrected chi connectivity index (χ2v) is 9.21. The number of amides is 2. The second-order valence-electron chi connectivity index (χ2n) is 8.18. The number of hydrogen-bond donors (Lipinski definition) is 2. The predicted molar refractivity (Wildman–Crippen MR) is 123 cm³/mol. The molecule has 2 aromatic carbocycles. The van der Waals surface area contributed by atoms with Crippen molar-refractivity contribution in [3.05, 3.63) is 53.1 Å². The number of carbonyl (C=O) groups excluding carboxylic acids is 2. The number of carbonyl (C=O) groups is 2. The van der Waals surface area contributed by atoms with E-state index in [0.29, 0.717) is 23.0 Å². The molecule has 1 aliphatic rings. The summed E-state index contributed by atoms with van der Waals surface area (Å²) in [6.07, 6.45) is 6.60. The number of benzene rings is 2. The summed E-state index contributed by atoms with van der Waals surface area (Å²) in [4.78, 5) is 29.7. The van der Waals surface area contributed by atoms with Crippen molar-refractivity contribution >= 4 is 44.2 Å². The standard InChI is InChI=1S/C24H27N3O2S/c1-15-7-6-8-16(2)22(15)27-23(29)18-11-12-19-20(14-18)30-24(25-19)26-21(28)13-17-9-4-3-5-10-17/h6-8,11-12,14,17H,3-5,9-10,13H2,1-2H3,(H,27,29)(H,25,26,28). The Balaban J connectivity index is 1.45. The van der Waals surface area contributed by atoms with Gasteiger partial charge < -0.3 is 10.6 Å². The van der Waals surface area contributed by atoms with Crippen molar-refractivity contribution in [1.29, 1.82) is 0 Å². The molecule has 1 heterocycles. The molecule has 1 aliphatic carbocycles. The first kappa shape index (κ1) is 20.5. The first-order valence-corrected chi connectivity index (χ1v) is 11.4. The minimum Gasteiger partial charge on any atom is -0.322 e. The first-order valence-electron chi connectivity index (χ1n) is 10.6. The zero-order valence-electron chi connectivity index (χ0n) is 17.5. The number of aromatic nitrogens is 1. The van der Waals surface area contributed by atoms with E-state index in [-0.39, 0.29) is 11.8 Å². The molecule has 5 nitrogen and oxygen atoms in total. The van der Waals surface area contributed by atoms with Crippen LogP contribution < -0.4 is 10.6 Å². The lowest BCUT2D eigenvalue weighted by Crippen LogP contribution is -2.18. The number of thiazole rings is 1. The average molecular weight is 422 g/mol. The van der Waals surface area contributed by atoms with Gasteiger partial charge in [-0.2, -0.15) is 0 Å². The smallest absolute Gasteiger partial charge is 0.255 e. The second kappa shape index (κ2) is 8.96. The van der Waals surface area contributed by atoms with E-state index in [1.165, 1.54) is 30.6 Å². The normalized spacial score (nSPS) is 14.6. The van der Waals surface area contributed by atoms with Crippen LogP contribution >= 0.6 is 11.3 Å². The van der Waals surface area contributed by atoms with E-state index in [2.05, 4.69) is 15.6 Å². The highest BCUT2D eigenvalue weighted by Gasteiger charge is 2.18. The highest BCUT2D eigenvalue weighted by molar-refractivity contribution is 7.22. The highest BCUT2D eigenvalue weighted by atomic mass is 32.1. The third-order valence-electron chi connectivity index (χ3n) is 5.82. The van der Waals surface area contributed by atoms with Crippen LogP contribution in [0.15, 0.2) is 36.4 Å². The monoisotopic (exact) mass is 421 g/mol. The molecule has 1 fully saturated rings. The number of rotatable bonds is 5. The van der Waals surface area contributed by atoms with Gasteiger partial charge in [-0.1, -0.05) is 48.8 Å². The van der Waals surface area contributed by atoms with Crippen LogP contribution in [0.2, 0.25) is 0 Å². The van der Waals surface area contributed by atoms with Gasteiger partial charge in [-0.25, -0.2) is 4.98 Å². The van der Waals surface area contributed by atoms with E-state index in [4.69, 9.17) is 0 Å². The van der Waals surface area contributed by atoms with Crippen molar-refractivity contribution in [1.82, 2.24) is 4.98 Å². The van der Waals surface area contributed by atoms with Crippen molar-refractivity contribution in [2.45, 2.75) is 52.4 Å². The number of anilines is 2. The maximum Gasteiger partial charge on any atom is 0.255 e. The zero-order valence-corrected chi connectivity index (χ0v) is 18.3. The van der Waals surface area contributed by atoms with Gasteiger partial charge in [0.15, 0.2) is 5.13 Å². The molecule has 0 saturated heterocycles. The fourth-order valence-electron chi connectivity index (χ4n) is 4.14. The number of fused-ring (bicyclic) bond motifs is 1. The van der Waals surface area contributed by atoms with Crippen LogP contribution in [-0.2, 0) is 4.79 Å². The lowest BCUT2D eigenvalue weighted by Gasteiger charge is -2.20. The lowest BCUT2D eigenvalue weighted by atomic mass is 9.87.